The first-order valence-electron chi connectivity index (χ1n) is 7.09. The molecule has 2 fully saturated rings. The number of carbonyl (C=O) groups excluding carboxylic acids is 1. The van der Waals surface area contributed by atoms with E-state index in [9.17, 15) is 14.7 Å². The SMILES string of the molecule is CC(C)(O)CN1CCN(C(=O)N2CSCC2C(=O)O)CC1. The molecule has 0 spiro atoms. The summed E-state index contributed by atoms with van der Waals surface area (Å²) < 4.78 is 0. The van der Waals surface area contributed by atoms with E-state index in [1.165, 1.54) is 16.7 Å². The van der Waals surface area contributed by atoms with E-state index >= 15 is 0 Å². The molecule has 2 N–H and O–H groups in total. The molecule has 2 aliphatic heterocycles. The second kappa shape index (κ2) is 6.41. The normalized spacial score (nSPS) is 24.4. The Hall–Kier alpha value is -0.990. The van der Waals surface area contributed by atoms with Crippen LogP contribution in [0.5, 0.6) is 0 Å². The molecule has 2 rings (SSSR count). The summed E-state index contributed by atoms with van der Waals surface area (Å²) >= 11 is 1.47. The second-order valence-electron chi connectivity index (χ2n) is 6.18. The number of aliphatic hydroxyl groups is 1. The van der Waals surface area contributed by atoms with E-state index in [2.05, 4.69) is 4.90 Å². The number of carbonyl (C=O) groups is 2. The summed E-state index contributed by atoms with van der Waals surface area (Å²) in [4.78, 5) is 28.8. The van der Waals surface area contributed by atoms with Gasteiger partial charge in [0.05, 0.1) is 11.5 Å². The number of β-amino-alcohol motifs (C(OH)–C–C–N with tert-alkyl or cyclic N) is 1. The molecule has 0 aromatic heterocycles. The van der Waals surface area contributed by atoms with Gasteiger partial charge in [-0.05, 0) is 13.8 Å². The van der Waals surface area contributed by atoms with Crippen molar-refractivity contribution in [3.8, 4) is 0 Å². The number of hydrogen-bond donors (Lipinski definition) is 2. The maximum absolute atomic E-state index is 12.4. The van der Waals surface area contributed by atoms with Crippen LogP contribution in [0.25, 0.3) is 0 Å². The van der Waals surface area contributed by atoms with Crippen molar-refractivity contribution in [2.45, 2.75) is 25.5 Å². The van der Waals surface area contributed by atoms with Crippen LogP contribution in [0, 0.1) is 0 Å². The van der Waals surface area contributed by atoms with E-state index in [0.29, 0.717) is 44.4 Å². The first-order valence-corrected chi connectivity index (χ1v) is 8.24. The lowest BCUT2D eigenvalue weighted by molar-refractivity contribution is -0.141. The summed E-state index contributed by atoms with van der Waals surface area (Å²) in [5.74, 6) is -0.0339. The van der Waals surface area contributed by atoms with Crippen LogP contribution in [-0.4, -0.2) is 92.9 Å². The Bertz CT molecular complexity index is 405. The van der Waals surface area contributed by atoms with Gasteiger partial charge in [0, 0.05) is 38.5 Å². The zero-order chi connectivity index (χ0) is 15.6. The summed E-state index contributed by atoms with van der Waals surface area (Å²) in [6, 6.07) is -0.896. The van der Waals surface area contributed by atoms with Crippen LogP contribution in [0.1, 0.15) is 13.8 Å². The van der Waals surface area contributed by atoms with Crippen molar-refractivity contribution in [1.29, 1.82) is 0 Å². The van der Waals surface area contributed by atoms with Gasteiger partial charge in [0.25, 0.3) is 0 Å². The van der Waals surface area contributed by atoms with Crippen LogP contribution in [0.4, 0.5) is 4.79 Å². The smallest absolute Gasteiger partial charge is 0.327 e. The molecule has 0 bridgehead atoms. The Labute approximate surface area is 128 Å². The Morgan fingerprint density at radius 2 is 1.86 bits per heavy atom. The molecule has 2 amide bonds. The highest BCUT2D eigenvalue weighted by Crippen LogP contribution is 2.23. The molecular formula is C13H23N3O4S. The number of aliphatic carboxylic acids is 1. The molecule has 1 atom stereocenters. The standard InChI is InChI=1S/C13H23N3O4S/c1-13(2,20)8-14-3-5-15(6-4-14)12(19)16-9-21-7-10(16)11(17)18/h10,20H,3-9H2,1-2H3,(H,17,18). The van der Waals surface area contributed by atoms with Gasteiger partial charge in [-0.3, -0.25) is 4.90 Å². The number of carboxylic acid groups (broad SMARTS) is 1. The van der Waals surface area contributed by atoms with E-state index in [4.69, 9.17) is 5.11 Å². The van der Waals surface area contributed by atoms with Crippen LogP contribution in [0.3, 0.4) is 0 Å². The molecule has 2 heterocycles. The Morgan fingerprint density at radius 1 is 1.24 bits per heavy atom. The minimum atomic E-state index is -0.936. The Balaban J connectivity index is 1.87. The third-order valence-electron chi connectivity index (χ3n) is 3.67. The molecule has 2 aliphatic rings. The van der Waals surface area contributed by atoms with Gasteiger partial charge in [-0.1, -0.05) is 0 Å². The highest BCUT2D eigenvalue weighted by Gasteiger charge is 2.37. The topological polar surface area (TPSA) is 84.3 Å². The van der Waals surface area contributed by atoms with Crippen molar-refractivity contribution in [2.75, 3.05) is 44.4 Å². The maximum atomic E-state index is 12.4. The van der Waals surface area contributed by atoms with Crippen molar-refractivity contribution in [3.63, 3.8) is 0 Å². The van der Waals surface area contributed by atoms with Gasteiger partial charge in [0.15, 0.2) is 0 Å². The number of amides is 2. The van der Waals surface area contributed by atoms with Crippen LogP contribution < -0.4 is 0 Å². The summed E-state index contributed by atoms with van der Waals surface area (Å²) in [7, 11) is 0. The number of thioether (sulfide) groups is 1. The lowest BCUT2D eigenvalue weighted by Gasteiger charge is -2.39. The van der Waals surface area contributed by atoms with E-state index in [-0.39, 0.29) is 6.03 Å². The number of nitrogens with zero attached hydrogens (tertiary/aromatic N) is 3. The molecule has 0 aromatic rings. The third kappa shape index (κ3) is 4.24. The zero-order valence-corrected chi connectivity index (χ0v) is 13.3. The molecule has 2 saturated heterocycles. The number of hydrogen-bond acceptors (Lipinski definition) is 5. The lowest BCUT2D eigenvalue weighted by Crippen LogP contribution is -2.56. The fourth-order valence-corrected chi connectivity index (χ4v) is 3.80. The number of urea groups is 1. The molecular weight excluding hydrogens is 294 g/mol. The highest BCUT2D eigenvalue weighted by atomic mass is 32.2. The van der Waals surface area contributed by atoms with E-state index in [1.54, 1.807) is 18.7 Å². The van der Waals surface area contributed by atoms with Gasteiger partial charge in [-0.25, -0.2) is 9.59 Å². The fraction of sp³-hybridized carbons (Fsp3) is 0.846. The molecule has 0 aliphatic carbocycles. The van der Waals surface area contributed by atoms with Gasteiger partial charge in [0.1, 0.15) is 6.04 Å². The fourth-order valence-electron chi connectivity index (χ4n) is 2.66. The molecule has 1 unspecified atom stereocenters. The quantitative estimate of drug-likeness (QED) is 0.759. The number of rotatable bonds is 3. The molecule has 0 radical (unpaired) electrons. The van der Waals surface area contributed by atoms with Crippen LogP contribution in [0.2, 0.25) is 0 Å². The average molecular weight is 317 g/mol. The summed E-state index contributed by atoms with van der Waals surface area (Å²) in [5, 5.41) is 19.0. The highest BCUT2D eigenvalue weighted by molar-refractivity contribution is 7.99. The minimum absolute atomic E-state index is 0.185. The van der Waals surface area contributed by atoms with E-state index < -0.39 is 17.6 Å². The van der Waals surface area contributed by atoms with Crippen LogP contribution >= 0.6 is 11.8 Å². The largest absolute Gasteiger partial charge is 0.480 e. The first kappa shape index (κ1) is 16.4. The summed E-state index contributed by atoms with van der Waals surface area (Å²) in [6.45, 7) is 6.66. The van der Waals surface area contributed by atoms with Gasteiger partial charge in [-0.15, -0.1) is 11.8 Å². The monoisotopic (exact) mass is 317 g/mol. The molecule has 7 nitrogen and oxygen atoms in total. The van der Waals surface area contributed by atoms with Gasteiger partial charge < -0.3 is 20.0 Å². The van der Waals surface area contributed by atoms with E-state index in [1.807, 2.05) is 0 Å². The lowest BCUT2D eigenvalue weighted by atomic mass is 10.1. The van der Waals surface area contributed by atoms with Gasteiger partial charge >= 0.3 is 12.0 Å². The van der Waals surface area contributed by atoms with Crippen molar-refractivity contribution in [3.05, 3.63) is 0 Å². The predicted molar refractivity (Wildman–Crippen MR) is 80.3 cm³/mol. The number of carboxylic acids is 1. The van der Waals surface area contributed by atoms with Gasteiger partial charge in [-0.2, -0.15) is 0 Å². The molecule has 0 saturated carbocycles. The summed E-state index contributed by atoms with van der Waals surface area (Å²) in [5.41, 5.74) is -0.744. The minimum Gasteiger partial charge on any atom is -0.480 e. The predicted octanol–water partition coefficient (Wildman–Crippen LogP) is -0.0456. The molecule has 0 aromatic carbocycles. The molecule has 8 heteroatoms. The van der Waals surface area contributed by atoms with Crippen molar-refractivity contribution in [1.82, 2.24) is 14.7 Å². The van der Waals surface area contributed by atoms with Crippen LogP contribution in [-0.2, 0) is 4.79 Å². The zero-order valence-electron chi connectivity index (χ0n) is 12.5. The molecule has 120 valence electrons. The number of piperazine rings is 1. The third-order valence-corrected chi connectivity index (χ3v) is 4.68. The Morgan fingerprint density at radius 3 is 2.38 bits per heavy atom. The van der Waals surface area contributed by atoms with E-state index in [0.717, 1.165) is 0 Å². The second-order valence-corrected chi connectivity index (χ2v) is 7.18. The van der Waals surface area contributed by atoms with Crippen LogP contribution in [0.15, 0.2) is 0 Å². The molecule has 21 heavy (non-hydrogen) atoms. The van der Waals surface area contributed by atoms with Gasteiger partial charge in [0.2, 0.25) is 0 Å². The maximum Gasteiger partial charge on any atom is 0.327 e. The van der Waals surface area contributed by atoms with Crippen molar-refractivity contribution in [2.24, 2.45) is 0 Å². The van der Waals surface area contributed by atoms with Crippen molar-refractivity contribution < 1.29 is 19.8 Å². The van der Waals surface area contributed by atoms with Crippen molar-refractivity contribution >= 4 is 23.8 Å². The summed E-state index contributed by atoms with van der Waals surface area (Å²) in [6.07, 6.45) is 0. The first-order chi connectivity index (χ1) is 9.78. The Kier molecular flexibility index (Phi) is 5.00. The average Bonchev–Trinajstić information content (AvgIpc) is 2.86.